The van der Waals surface area contributed by atoms with Gasteiger partial charge in [-0.05, 0) is 38.4 Å². The lowest BCUT2D eigenvalue weighted by molar-refractivity contribution is 0.165. The van der Waals surface area contributed by atoms with Gasteiger partial charge in [0.05, 0.1) is 0 Å². The zero-order valence-corrected chi connectivity index (χ0v) is 12.6. The van der Waals surface area contributed by atoms with Crippen LogP contribution in [0, 0.1) is 0 Å². The summed E-state index contributed by atoms with van der Waals surface area (Å²) >= 11 is 1.89. The van der Waals surface area contributed by atoms with E-state index < -0.39 is 0 Å². The summed E-state index contributed by atoms with van der Waals surface area (Å²) in [5.74, 6) is 2.03. The van der Waals surface area contributed by atoms with Gasteiger partial charge >= 0.3 is 0 Å². The first-order valence-corrected chi connectivity index (χ1v) is 7.95. The number of fused-ring (bicyclic) bond motifs is 1. The highest BCUT2D eigenvalue weighted by atomic mass is 32.2. The van der Waals surface area contributed by atoms with Crippen LogP contribution in [0.25, 0.3) is 0 Å². The summed E-state index contributed by atoms with van der Waals surface area (Å²) in [4.78, 5) is 1.25. The minimum Gasteiger partial charge on any atom is -0.487 e. The summed E-state index contributed by atoms with van der Waals surface area (Å²) in [6, 6.07) is 8.65. The third kappa shape index (κ3) is 4.02. The van der Waals surface area contributed by atoms with E-state index >= 15 is 0 Å². The molecule has 2 rings (SSSR count). The predicted molar refractivity (Wildman–Crippen MR) is 83.1 cm³/mol. The molecule has 104 valence electrons. The number of ether oxygens (including phenoxy) is 1. The average Bonchev–Trinajstić information content (AvgIpc) is 2.42. The molecule has 1 aromatic rings. The van der Waals surface area contributed by atoms with Crippen LogP contribution in [0.15, 0.2) is 41.3 Å². The van der Waals surface area contributed by atoms with Crippen LogP contribution in [-0.2, 0) is 0 Å². The van der Waals surface area contributed by atoms with Crippen LogP contribution >= 0.6 is 11.8 Å². The van der Waals surface area contributed by atoms with E-state index in [9.17, 15) is 0 Å². The van der Waals surface area contributed by atoms with Crippen molar-refractivity contribution in [2.75, 3.05) is 12.3 Å². The second-order valence-electron chi connectivity index (χ2n) is 5.14. The van der Waals surface area contributed by atoms with Gasteiger partial charge in [-0.1, -0.05) is 24.6 Å². The normalized spacial score (nSPS) is 19.4. The Bertz CT molecular complexity index is 433. The van der Waals surface area contributed by atoms with Gasteiger partial charge in [-0.15, -0.1) is 18.3 Å². The van der Waals surface area contributed by atoms with Crippen molar-refractivity contribution in [3.63, 3.8) is 0 Å². The average molecular weight is 277 g/mol. The molecule has 0 saturated carbocycles. The van der Waals surface area contributed by atoms with Crippen molar-refractivity contribution in [2.45, 2.75) is 43.7 Å². The summed E-state index contributed by atoms with van der Waals surface area (Å²) in [6.45, 7) is 9.35. The highest BCUT2D eigenvalue weighted by molar-refractivity contribution is 7.99. The predicted octanol–water partition coefficient (Wildman–Crippen LogP) is 3.87. The maximum absolute atomic E-state index is 6.17. The Kier molecular flexibility index (Phi) is 5.34. The number of hydrogen-bond acceptors (Lipinski definition) is 3. The lowest BCUT2D eigenvalue weighted by atomic mass is 10.0. The van der Waals surface area contributed by atoms with Crippen molar-refractivity contribution < 1.29 is 4.74 Å². The molecule has 0 aliphatic carbocycles. The van der Waals surface area contributed by atoms with Crippen molar-refractivity contribution in [1.29, 1.82) is 0 Å². The van der Waals surface area contributed by atoms with Crippen molar-refractivity contribution >= 4 is 11.8 Å². The summed E-state index contributed by atoms with van der Waals surface area (Å²) < 4.78 is 6.17. The molecule has 0 bridgehead atoms. The maximum Gasteiger partial charge on any atom is 0.133 e. The van der Waals surface area contributed by atoms with Gasteiger partial charge in [-0.2, -0.15) is 0 Å². The second-order valence-corrected chi connectivity index (χ2v) is 6.20. The second kappa shape index (κ2) is 7.01. The molecule has 1 aromatic carbocycles. The largest absolute Gasteiger partial charge is 0.487 e. The zero-order chi connectivity index (χ0) is 13.7. The van der Waals surface area contributed by atoms with E-state index in [4.69, 9.17) is 4.74 Å². The van der Waals surface area contributed by atoms with Gasteiger partial charge in [0.1, 0.15) is 11.9 Å². The highest BCUT2D eigenvalue weighted by Gasteiger charge is 2.27. The van der Waals surface area contributed by atoms with E-state index in [2.05, 4.69) is 43.9 Å². The Morgan fingerprint density at radius 3 is 3.05 bits per heavy atom. The van der Waals surface area contributed by atoms with Crippen molar-refractivity contribution in [3.8, 4) is 5.75 Å². The monoisotopic (exact) mass is 277 g/mol. The van der Waals surface area contributed by atoms with Gasteiger partial charge in [0.25, 0.3) is 0 Å². The minimum absolute atomic E-state index is 0.225. The van der Waals surface area contributed by atoms with E-state index in [-0.39, 0.29) is 6.10 Å². The maximum atomic E-state index is 6.17. The van der Waals surface area contributed by atoms with Gasteiger partial charge in [0.2, 0.25) is 0 Å². The minimum atomic E-state index is 0.225. The van der Waals surface area contributed by atoms with Crippen molar-refractivity contribution in [1.82, 2.24) is 5.32 Å². The van der Waals surface area contributed by atoms with E-state index in [1.807, 2.05) is 17.8 Å². The number of benzene rings is 1. The van der Waals surface area contributed by atoms with E-state index in [0.29, 0.717) is 6.04 Å². The fourth-order valence-corrected chi connectivity index (χ4v) is 3.35. The molecule has 0 amide bonds. The Morgan fingerprint density at radius 2 is 2.32 bits per heavy atom. The van der Waals surface area contributed by atoms with Crippen LogP contribution in [0.2, 0.25) is 0 Å². The molecule has 1 aliphatic heterocycles. The van der Waals surface area contributed by atoms with Gasteiger partial charge in [0, 0.05) is 16.7 Å². The molecule has 2 nitrogen and oxygen atoms in total. The molecule has 0 radical (unpaired) electrons. The van der Waals surface area contributed by atoms with Gasteiger partial charge in [-0.25, -0.2) is 0 Å². The van der Waals surface area contributed by atoms with E-state index in [0.717, 1.165) is 30.9 Å². The first-order valence-electron chi connectivity index (χ1n) is 6.97. The quantitative estimate of drug-likeness (QED) is 0.797. The van der Waals surface area contributed by atoms with Gasteiger partial charge in [0.15, 0.2) is 0 Å². The molecule has 1 N–H and O–H groups in total. The Morgan fingerprint density at radius 1 is 1.53 bits per heavy atom. The molecule has 0 saturated heterocycles. The lowest BCUT2D eigenvalue weighted by Crippen LogP contribution is -2.46. The SMILES string of the molecule is C=C(C)CC(NCCC)C1CSc2ccccc2O1. The standard InChI is InChI=1S/C16H23NOS/c1-4-9-17-13(10-12(2)3)15-11-19-16-8-6-5-7-14(16)18-15/h5-8,13,15,17H,2,4,9-11H2,1,3H3. The fraction of sp³-hybridized carbons (Fsp3) is 0.500. The number of thioether (sulfide) groups is 1. The molecule has 0 aromatic heterocycles. The van der Waals surface area contributed by atoms with Crippen LogP contribution in [0.3, 0.4) is 0 Å². The van der Waals surface area contributed by atoms with Crippen molar-refractivity contribution in [2.24, 2.45) is 0 Å². The Labute approximate surface area is 120 Å². The first kappa shape index (κ1) is 14.5. The number of para-hydroxylation sites is 1. The van der Waals surface area contributed by atoms with Gasteiger partial charge < -0.3 is 10.1 Å². The highest BCUT2D eigenvalue weighted by Crippen LogP contribution is 2.36. The molecule has 1 heterocycles. The van der Waals surface area contributed by atoms with E-state index in [1.165, 1.54) is 10.5 Å². The van der Waals surface area contributed by atoms with Crippen LogP contribution in [0.4, 0.5) is 0 Å². The smallest absolute Gasteiger partial charge is 0.133 e. The molecule has 0 fully saturated rings. The third-order valence-electron chi connectivity index (χ3n) is 3.20. The summed E-state index contributed by atoms with van der Waals surface area (Å²) in [7, 11) is 0. The van der Waals surface area contributed by atoms with Crippen LogP contribution in [0.5, 0.6) is 5.75 Å². The molecular weight excluding hydrogens is 254 g/mol. The zero-order valence-electron chi connectivity index (χ0n) is 11.8. The molecule has 0 spiro atoms. The number of nitrogens with one attached hydrogen (secondary N) is 1. The molecule has 19 heavy (non-hydrogen) atoms. The van der Waals surface area contributed by atoms with Crippen LogP contribution in [0.1, 0.15) is 26.7 Å². The summed E-state index contributed by atoms with van der Waals surface area (Å²) in [5, 5.41) is 3.60. The molecular formula is C16H23NOS. The Balaban J connectivity index is 2.04. The van der Waals surface area contributed by atoms with E-state index in [1.54, 1.807) is 0 Å². The number of hydrogen-bond donors (Lipinski definition) is 1. The topological polar surface area (TPSA) is 21.3 Å². The molecule has 2 atom stereocenters. The first-order chi connectivity index (χ1) is 9.20. The molecule has 2 unspecified atom stereocenters. The molecule has 3 heteroatoms. The lowest BCUT2D eigenvalue weighted by Gasteiger charge is -2.32. The fourth-order valence-electron chi connectivity index (χ4n) is 2.27. The van der Waals surface area contributed by atoms with Crippen LogP contribution < -0.4 is 10.1 Å². The van der Waals surface area contributed by atoms with Crippen molar-refractivity contribution in [3.05, 3.63) is 36.4 Å². The Hall–Kier alpha value is -0.930. The van der Waals surface area contributed by atoms with Gasteiger partial charge in [-0.3, -0.25) is 0 Å². The number of rotatable bonds is 6. The third-order valence-corrected chi connectivity index (χ3v) is 4.35. The van der Waals surface area contributed by atoms with Crippen LogP contribution in [-0.4, -0.2) is 24.4 Å². The molecule has 1 aliphatic rings. The summed E-state index contributed by atoms with van der Waals surface area (Å²) in [5.41, 5.74) is 1.21. The summed E-state index contributed by atoms with van der Waals surface area (Å²) in [6.07, 6.45) is 2.35.